The van der Waals surface area contributed by atoms with Crippen LogP contribution in [0.2, 0.25) is 0 Å². The van der Waals surface area contributed by atoms with Crippen LogP contribution in [0.1, 0.15) is 16.7 Å². The third-order valence-electron chi connectivity index (χ3n) is 1.83. The van der Waals surface area contributed by atoms with E-state index in [2.05, 4.69) is 18.7 Å². The molecule has 0 amide bonds. The number of hydrogen-bond acceptors (Lipinski definition) is 2. The molecule has 0 aliphatic rings. The third kappa shape index (κ3) is 1.38. The summed E-state index contributed by atoms with van der Waals surface area (Å²) >= 11 is 4.17. The van der Waals surface area contributed by atoms with E-state index in [1.165, 1.54) is 0 Å². The van der Waals surface area contributed by atoms with Crippen LogP contribution >= 0.6 is 12.6 Å². The maximum atomic E-state index is 8.72. The van der Waals surface area contributed by atoms with Crippen LogP contribution in [-0.4, -0.2) is 0 Å². The van der Waals surface area contributed by atoms with Crippen molar-refractivity contribution in [2.75, 3.05) is 0 Å². The van der Waals surface area contributed by atoms with Crippen molar-refractivity contribution in [1.29, 1.82) is 5.26 Å². The first-order valence-corrected chi connectivity index (χ1v) is 3.81. The minimum Gasteiger partial charge on any atom is -0.192 e. The van der Waals surface area contributed by atoms with Gasteiger partial charge in [-0.15, -0.1) is 12.6 Å². The SMILES string of the molecule is Cc1ccc(S)c(C#N)c1C. The molecular weight excluding hydrogens is 154 g/mol. The van der Waals surface area contributed by atoms with Gasteiger partial charge < -0.3 is 0 Å². The zero-order chi connectivity index (χ0) is 8.43. The molecule has 0 radical (unpaired) electrons. The van der Waals surface area contributed by atoms with Crippen molar-refractivity contribution in [1.82, 2.24) is 0 Å². The van der Waals surface area contributed by atoms with E-state index in [0.29, 0.717) is 5.56 Å². The average Bonchev–Trinajstić information content (AvgIpc) is 1.99. The molecule has 0 fully saturated rings. The predicted octanol–water partition coefficient (Wildman–Crippen LogP) is 2.46. The standard InChI is InChI=1S/C9H9NS/c1-6-3-4-9(11)8(5-10)7(6)2/h3-4,11H,1-2H3. The van der Waals surface area contributed by atoms with Gasteiger partial charge in [0.2, 0.25) is 0 Å². The summed E-state index contributed by atoms with van der Waals surface area (Å²) in [5.74, 6) is 0. The lowest BCUT2D eigenvalue weighted by Gasteiger charge is -2.03. The van der Waals surface area contributed by atoms with Gasteiger partial charge in [-0.05, 0) is 31.0 Å². The van der Waals surface area contributed by atoms with E-state index in [-0.39, 0.29) is 0 Å². The number of hydrogen-bond donors (Lipinski definition) is 1. The molecule has 0 atom stereocenters. The molecule has 0 aliphatic heterocycles. The number of rotatable bonds is 0. The highest BCUT2D eigenvalue weighted by Crippen LogP contribution is 2.19. The van der Waals surface area contributed by atoms with Gasteiger partial charge in [-0.2, -0.15) is 5.26 Å². The lowest BCUT2D eigenvalue weighted by Crippen LogP contribution is -1.87. The summed E-state index contributed by atoms with van der Waals surface area (Å²) in [6, 6.07) is 5.95. The fourth-order valence-corrected chi connectivity index (χ4v) is 1.23. The molecule has 0 spiro atoms. The quantitative estimate of drug-likeness (QED) is 0.583. The van der Waals surface area contributed by atoms with Crippen molar-refractivity contribution in [2.24, 2.45) is 0 Å². The molecule has 1 nitrogen and oxygen atoms in total. The van der Waals surface area contributed by atoms with E-state index in [4.69, 9.17) is 5.26 Å². The maximum absolute atomic E-state index is 8.72. The first-order valence-electron chi connectivity index (χ1n) is 3.36. The van der Waals surface area contributed by atoms with Gasteiger partial charge in [-0.25, -0.2) is 0 Å². The highest BCUT2D eigenvalue weighted by atomic mass is 32.1. The van der Waals surface area contributed by atoms with Crippen LogP contribution in [0, 0.1) is 25.2 Å². The summed E-state index contributed by atoms with van der Waals surface area (Å²) < 4.78 is 0. The molecule has 1 rings (SSSR count). The monoisotopic (exact) mass is 163 g/mol. The number of nitrogens with zero attached hydrogens (tertiary/aromatic N) is 1. The lowest BCUT2D eigenvalue weighted by atomic mass is 10.0. The van der Waals surface area contributed by atoms with Crippen molar-refractivity contribution in [3.63, 3.8) is 0 Å². The first-order chi connectivity index (χ1) is 5.16. The van der Waals surface area contributed by atoms with Gasteiger partial charge in [0, 0.05) is 4.90 Å². The van der Waals surface area contributed by atoms with Gasteiger partial charge in [-0.3, -0.25) is 0 Å². The fraction of sp³-hybridized carbons (Fsp3) is 0.222. The maximum Gasteiger partial charge on any atom is 0.101 e. The van der Waals surface area contributed by atoms with E-state index < -0.39 is 0 Å². The zero-order valence-electron chi connectivity index (χ0n) is 6.55. The third-order valence-corrected chi connectivity index (χ3v) is 2.20. The molecule has 1 aromatic carbocycles. The van der Waals surface area contributed by atoms with Gasteiger partial charge in [0.1, 0.15) is 6.07 Å². The molecule has 0 aromatic heterocycles. The number of nitriles is 1. The van der Waals surface area contributed by atoms with E-state index in [1.807, 2.05) is 26.0 Å². The van der Waals surface area contributed by atoms with Crippen molar-refractivity contribution in [3.8, 4) is 6.07 Å². The van der Waals surface area contributed by atoms with Crippen LogP contribution in [0.15, 0.2) is 17.0 Å². The zero-order valence-corrected chi connectivity index (χ0v) is 7.44. The summed E-state index contributed by atoms with van der Waals surface area (Å²) in [6.45, 7) is 3.93. The number of aryl methyl sites for hydroxylation is 1. The topological polar surface area (TPSA) is 23.8 Å². The molecule has 0 N–H and O–H groups in total. The lowest BCUT2D eigenvalue weighted by molar-refractivity contribution is 1.24. The van der Waals surface area contributed by atoms with E-state index in [9.17, 15) is 0 Å². The Morgan fingerprint density at radius 3 is 2.45 bits per heavy atom. The van der Waals surface area contributed by atoms with Crippen molar-refractivity contribution < 1.29 is 0 Å². The van der Waals surface area contributed by atoms with Gasteiger partial charge in [0.05, 0.1) is 5.56 Å². The Morgan fingerprint density at radius 1 is 1.36 bits per heavy atom. The minimum absolute atomic E-state index is 0.688. The molecule has 0 unspecified atom stereocenters. The second-order valence-electron chi connectivity index (χ2n) is 2.51. The molecule has 0 bridgehead atoms. The van der Waals surface area contributed by atoms with Crippen molar-refractivity contribution >= 4 is 12.6 Å². The summed E-state index contributed by atoms with van der Waals surface area (Å²) in [4.78, 5) is 0.760. The summed E-state index contributed by atoms with van der Waals surface area (Å²) in [7, 11) is 0. The van der Waals surface area contributed by atoms with Gasteiger partial charge >= 0.3 is 0 Å². The number of benzene rings is 1. The number of thiol groups is 1. The molecule has 1 aromatic rings. The molecule has 2 heteroatoms. The Hall–Kier alpha value is -0.940. The summed E-state index contributed by atoms with van der Waals surface area (Å²) in [5.41, 5.74) is 2.85. The van der Waals surface area contributed by atoms with Crippen molar-refractivity contribution in [2.45, 2.75) is 18.7 Å². The van der Waals surface area contributed by atoms with Crippen LogP contribution in [0.5, 0.6) is 0 Å². The fourth-order valence-electron chi connectivity index (χ4n) is 0.943. The van der Waals surface area contributed by atoms with Gasteiger partial charge in [-0.1, -0.05) is 6.07 Å². The Morgan fingerprint density at radius 2 is 2.00 bits per heavy atom. The Bertz CT molecular complexity index is 323. The second kappa shape index (κ2) is 2.98. The van der Waals surface area contributed by atoms with E-state index in [1.54, 1.807) is 0 Å². The molecule has 0 saturated heterocycles. The van der Waals surface area contributed by atoms with Crippen LogP contribution in [-0.2, 0) is 0 Å². The van der Waals surface area contributed by atoms with Gasteiger partial charge in [0.15, 0.2) is 0 Å². The van der Waals surface area contributed by atoms with E-state index >= 15 is 0 Å². The first kappa shape index (κ1) is 8.16. The predicted molar refractivity (Wildman–Crippen MR) is 47.9 cm³/mol. The summed E-state index contributed by atoms with van der Waals surface area (Å²) in [5, 5.41) is 8.72. The van der Waals surface area contributed by atoms with Crippen LogP contribution in [0.3, 0.4) is 0 Å². The highest BCUT2D eigenvalue weighted by molar-refractivity contribution is 7.80. The Balaban J connectivity index is 3.44. The smallest absolute Gasteiger partial charge is 0.101 e. The molecular formula is C9H9NS. The van der Waals surface area contributed by atoms with Crippen LogP contribution in [0.25, 0.3) is 0 Å². The van der Waals surface area contributed by atoms with Crippen molar-refractivity contribution in [3.05, 3.63) is 28.8 Å². The Labute approximate surface area is 72.1 Å². The largest absolute Gasteiger partial charge is 0.192 e. The van der Waals surface area contributed by atoms with E-state index in [0.717, 1.165) is 16.0 Å². The normalized spacial score (nSPS) is 9.27. The second-order valence-corrected chi connectivity index (χ2v) is 3.00. The molecule has 0 saturated carbocycles. The van der Waals surface area contributed by atoms with Crippen LogP contribution < -0.4 is 0 Å². The molecule has 11 heavy (non-hydrogen) atoms. The summed E-state index contributed by atoms with van der Waals surface area (Å²) in [6.07, 6.45) is 0. The molecule has 0 heterocycles. The van der Waals surface area contributed by atoms with Crippen LogP contribution in [0.4, 0.5) is 0 Å². The Kier molecular flexibility index (Phi) is 2.21. The molecule has 0 aliphatic carbocycles. The minimum atomic E-state index is 0.688. The van der Waals surface area contributed by atoms with Gasteiger partial charge in [0.25, 0.3) is 0 Å². The highest BCUT2D eigenvalue weighted by Gasteiger charge is 2.02. The molecule has 56 valence electrons. The average molecular weight is 163 g/mol.